The number of aromatic nitrogens is 3. The van der Waals surface area contributed by atoms with Crippen molar-refractivity contribution in [2.45, 2.75) is 39.5 Å². The second kappa shape index (κ2) is 8.66. The van der Waals surface area contributed by atoms with Crippen molar-refractivity contribution in [2.75, 3.05) is 13.2 Å². The number of carbonyl (C=O) groups excluding carboxylic acids is 1. The highest BCUT2D eigenvalue weighted by Gasteiger charge is 2.28. The number of aryl methyl sites for hydroxylation is 2. The first kappa shape index (κ1) is 21.4. The molecule has 0 bridgehead atoms. The van der Waals surface area contributed by atoms with Crippen LogP contribution >= 0.6 is 24.8 Å². The standard InChI is InChI=1S/C15H21N5O3.2ClH/c1-8-11(9(2)20-12(18-8)6-13(21)19-20)7-17-15(22)14-10(3)23-5-4-16-14;;/h6,10,14,16H,4-5,7H2,1-3H3,(H,17,22)(H,19,21);2*1H/t10-,14+;;/m1../s1. The van der Waals surface area contributed by atoms with E-state index in [9.17, 15) is 9.59 Å². The lowest BCUT2D eigenvalue weighted by Gasteiger charge is -2.29. The van der Waals surface area contributed by atoms with Crippen molar-refractivity contribution in [1.82, 2.24) is 25.2 Å². The van der Waals surface area contributed by atoms with Crippen LogP contribution in [0, 0.1) is 13.8 Å². The van der Waals surface area contributed by atoms with E-state index in [4.69, 9.17) is 4.74 Å². The SMILES string of the molecule is Cc1nc2cc(=O)[nH]n2c(C)c1CNC(=O)[C@H]1NCCO[C@@H]1C.Cl.Cl. The molecule has 0 aliphatic carbocycles. The average molecular weight is 392 g/mol. The maximum absolute atomic E-state index is 12.3. The van der Waals surface area contributed by atoms with Crippen LogP contribution in [-0.4, -0.2) is 45.8 Å². The van der Waals surface area contributed by atoms with E-state index in [0.717, 1.165) is 17.0 Å². The topological polar surface area (TPSA) is 101 Å². The fraction of sp³-hybridized carbons (Fsp3) is 0.533. The van der Waals surface area contributed by atoms with Gasteiger partial charge in [-0.2, -0.15) is 0 Å². The summed E-state index contributed by atoms with van der Waals surface area (Å²) in [5, 5.41) is 8.79. The van der Waals surface area contributed by atoms with Crippen LogP contribution in [0.15, 0.2) is 10.9 Å². The number of aromatic amines is 1. The van der Waals surface area contributed by atoms with Crippen molar-refractivity contribution in [1.29, 1.82) is 0 Å². The van der Waals surface area contributed by atoms with Gasteiger partial charge in [-0.1, -0.05) is 0 Å². The van der Waals surface area contributed by atoms with Gasteiger partial charge in [0.2, 0.25) is 5.91 Å². The molecule has 2 aromatic rings. The average Bonchev–Trinajstić information content (AvgIpc) is 2.88. The molecule has 0 radical (unpaired) electrons. The third-order valence-electron chi connectivity index (χ3n) is 4.24. The zero-order valence-electron chi connectivity index (χ0n) is 14.3. The second-order valence-corrected chi connectivity index (χ2v) is 5.80. The Morgan fingerprint density at radius 1 is 1.44 bits per heavy atom. The number of ether oxygens (including phenoxy) is 1. The Kier molecular flexibility index (Phi) is 7.43. The highest BCUT2D eigenvalue weighted by molar-refractivity contribution is 5.85. The van der Waals surface area contributed by atoms with Gasteiger partial charge in [0.1, 0.15) is 6.04 Å². The minimum Gasteiger partial charge on any atom is -0.375 e. The summed E-state index contributed by atoms with van der Waals surface area (Å²) < 4.78 is 7.13. The number of hydrogen-bond donors (Lipinski definition) is 3. The number of hydrogen-bond acceptors (Lipinski definition) is 5. The Hall–Kier alpha value is -1.61. The Morgan fingerprint density at radius 3 is 2.84 bits per heavy atom. The van der Waals surface area contributed by atoms with E-state index in [2.05, 4.69) is 20.7 Å². The Labute approximate surface area is 157 Å². The van der Waals surface area contributed by atoms with E-state index < -0.39 is 0 Å². The van der Waals surface area contributed by atoms with Gasteiger partial charge in [-0.05, 0) is 20.8 Å². The molecule has 0 unspecified atom stereocenters. The van der Waals surface area contributed by atoms with E-state index >= 15 is 0 Å². The smallest absolute Gasteiger partial charge is 0.266 e. The maximum atomic E-state index is 12.3. The molecule has 140 valence electrons. The van der Waals surface area contributed by atoms with Crippen LogP contribution in [0.25, 0.3) is 5.65 Å². The van der Waals surface area contributed by atoms with Gasteiger partial charge in [-0.25, -0.2) is 9.50 Å². The molecule has 0 spiro atoms. The molecule has 10 heteroatoms. The van der Waals surface area contributed by atoms with Gasteiger partial charge < -0.3 is 15.4 Å². The van der Waals surface area contributed by atoms with Gasteiger partial charge in [0.15, 0.2) is 5.65 Å². The minimum absolute atomic E-state index is 0. The summed E-state index contributed by atoms with van der Waals surface area (Å²) in [6, 6.07) is 1.10. The van der Waals surface area contributed by atoms with Gasteiger partial charge >= 0.3 is 0 Å². The lowest BCUT2D eigenvalue weighted by atomic mass is 10.1. The molecule has 1 aliphatic rings. The highest BCUT2D eigenvalue weighted by atomic mass is 35.5. The molecular formula is C15H23Cl2N5O3. The number of nitrogens with one attached hydrogen (secondary N) is 3. The molecule has 3 heterocycles. The largest absolute Gasteiger partial charge is 0.375 e. The molecule has 1 fully saturated rings. The van der Waals surface area contributed by atoms with E-state index in [1.165, 1.54) is 6.07 Å². The van der Waals surface area contributed by atoms with Crippen LogP contribution in [0.5, 0.6) is 0 Å². The number of halogens is 2. The van der Waals surface area contributed by atoms with Crippen molar-refractivity contribution in [3.8, 4) is 0 Å². The molecule has 1 amide bonds. The molecule has 8 nitrogen and oxygen atoms in total. The zero-order chi connectivity index (χ0) is 16.6. The van der Waals surface area contributed by atoms with Crippen LogP contribution in [-0.2, 0) is 16.1 Å². The molecule has 2 atom stereocenters. The van der Waals surface area contributed by atoms with Crippen LogP contribution in [0.4, 0.5) is 0 Å². The zero-order valence-corrected chi connectivity index (χ0v) is 15.9. The molecule has 0 aromatic carbocycles. The van der Waals surface area contributed by atoms with Crippen LogP contribution in [0.2, 0.25) is 0 Å². The first-order valence-electron chi connectivity index (χ1n) is 7.68. The molecule has 1 saturated heterocycles. The predicted molar refractivity (Wildman–Crippen MR) is 98.8 cm³/mol. The normalized spacial score (nSPS) is 19.8. The summed E-state index contributed by atoms with van der Waals surface area (Å²) in [6.07, 6.45) is -0.160. The number of fused-ring (bicyclic) bond motifs is 1. The molecular weight excluding hydrogens is 369 g/mol. The highest BCUT2D eigenvalue weighted by Crippen LogP contribution is 2.13. The van der Waals surface area contributed by atoms with Gasteiger partial charge in [-0.15, -0.1) is 24.8 Å². The van der Waals surface area contributed by atoms with Gasteiger partial charge in [-0.3, -0.25) is 14.7 Å². The quantitative estimate of drug-likeness (QED) is 0.706. The molecule has 25 heavy (non-hydrogen) atoms. The number of morpholine rings is 1. The van der Waals surface area contributed by atoms with E-state index in [1.54, 1.807) is 4.52 Å². The number of rotatable bonds is 3. The van der Waals surface area contributed by atoms with Crippen LogP contribution < -0.4 is 16.2 Å². The van der Waals surface area contributed by atoms with E-state index in [0.29, 0.717) is 25.3 Å². The number of nitrogens with zero attached hydrogens (tertiary/aromatic N) is 2. The monoisotopic (exact) mass is 391 g/mol. The number of amides is 1. The summed E-state index contributed by atoms with van der Waals surface area (Å²) in [7, 11) is 0. The number of H-pyrrole nitrogens is 1. The Balaban J connectivity index is 0.00000156. The third-order valence-corrected chi connectivity index (χ3v) is 4.24. The molecule has 3 rings (SSSR count). The minimum atomic E-state index is -0.354. The molecule has 3 N–H and O–H groups in total. The van der Waals surface area contributed by atoms with Crippen molar-refractivity contribution < 1.29 is 9.53 Å². The summed E-state index contributed by atoms with van der Waals surface area (Å²) in [5.41, 5.74) is 2.93. The van der Waals surface area contributed by atoms with Gasteiger partial charge in [0.25, 0.3) is 5.56 Å². The van der Waals surface area contributed by atoms with E-state index in [-0.39, 0.29) is 48.4 Å². The van der Waals surface area contributed by atoms with Crippen LogP contribution in [0.1, 0.15) is 23.9 Å². The molecule has 2 aromatic heterocycles. The Bertz CT molecular complexity index is 804. The fourth-order valence-electron chi connectivity index (χ4n) is 2.92. The summed E-state index contributed by atoms with van der Waals surface area (Å²) in [4.78, 5) is 28.2. The van der Waals surface area contributed by atoms with Gasteiger partial charge in [0, 0.05) is 36.1 Å². The van der Waals surface area contributed by atoms with E-state index in [1.807, 2.05) is 20.8 Å². The lowest BCUT2D eigenvalue weighted by Crippen LogP contribution is -2.55. The lowest BCUT2D eigenvalue weighted by molar-refractivity contribution is -0.129. The van der Waals surface area contributed by atoms with Crippen molar-refractivity contribution in [2.24, 2.45) is 0 Å². The second-order valence-electron chi connectivity index (χ2n) is 5.80. The third kappa shape index (κ3) is 4.33. The van der Waals surface area contributed by atoms with Crippen LogP contribution in [0.3, 0.4) is 0 Å². The van der Waals surface area contributed by atoms with Crippen molar-refractivity contribution in [3.05, 3.63) is 33.4 Å². The van der Waals surface area contributed by atoms with Crippen molar-refractivity contribution >= 4 is 36.4 Å². The maximum Gasteiger partial charge on any atom is 0.266 e. The van der Waals surface area contributed by atoms with Gasteiger partial charge in [0.05, 0.1) is 12.7 Å². The summed E-state index contributed by atoms with van der Waals surface area (Å²) in [6.45, 7) is 7.28. The molecule has 0 saturated carbocycles. The number of carbonyl (C=O) groups is 1. The summed E-state index contributed by atoms with van der Waals surface area (Å²) in [5.74, 6) is -0.0999. The van der Waals surface area contributed by atoms with Crippen molar-refractivity contribution in [3.63, 3.8) is 0 Å². The fourth-order valence-corrected chi connectivity index (χ4v) is 2.92. The Morgan fingerprint density at radius 2 is 2.16 bits per heavy atom. The first-order valence-corrected chi connectivity index (χ1v) is 7.68. The molecule has 1 aliphatic heterocycles. The summed E-state index contributed by atoms with van der Waals surface area (Å²) >= 11 is 0. The predicted octanol–water partition coefficient (Wildman–Crippen LogP) is 0.476. The first-order chi connectivity index (χ1) is 11.0.